The molecule has 0 saturated heterocycles. The lowest BCUT2D eigenvalue weighted by Gasteiger charge is -2.23. The lowest BCUT2D eigenvalue weighted by Crippen LogP contribution is -2.36. The van der Waals surface area contributed by atoms with Crippen molar-refractivity contribution in [3.05, 3.63) is 75.7 Å². The number of ketones is 1. The molecule has 4 aromatic rings. The summed E-state index contributed by atoms with van der Waals surface area (Å²) in [7, 11) is -3.85. The number of Topliss-reactive ketones (excluding diaryl/α,β-unsaturated/α-hetero) is 1. The van der Waals surface area contributed by atoms with Crippen LogP contribution in [0.2, 0.25) is 0 Å². The lowest BCUT2D eigenvalue weighted by atomic mass is 9.95. The minimum absolute atomic E-state index is 0.0413. The van der Waals surface area contributed by atoms with Crippen LogP contribution in [0.15, 0.2) is 59.8 Å². The molecule has 2 aromatic carbocycles. The fraction of sp³-hybridized carbons (Fsp3) is 0.296. The number of carbonyl (C=O) groups is 2. The Bertz CT molecular complexity index is 1590. The topological polar surface area (TPSA) is 119 Å². The molecule has 0 fully saturated rings. The second-order valence-corrected chi connectivity index (χ2v) is 12.1. The highest BCUT2D eigenvalue weighted by atomic mass is 32.2. The Labute approximate surface area is 224 Å². The van der Waals surface area contributed by atoms with Crippen molar-refractivity contribution in [3.63, 3.8) is 0 Å². The van der Waals surface area contributed by atoms with Crippen molar-refractivity contribution < 1.29 is 27.5 Å². The highest BCUT2D eigenvalue weighted by Gasteiger charge is 2.34. The monoisotopic (exact) mass is 553 g/mol. The molecule has 1 N–H and O–H groups in total. The average molecular weight is 554 g/mol. The van der Waals surface area contributed by atoms with Gasteiger partial charge in [-0.2, -0.15) is 4.31 Å². The first-order valence-corrected chi connectivity index (χ1v) is 14.4. The van der Waals surface area contributed by atoms with Gasteiger partial charge in [-0.3, -0.25) is 9.59 Å². The molecule has 1 aliphatic heterocycles. The van der Waals surface area contributed by atoms with Crippen LogP contribution in [-0.2, 0) is 26.1 Å². The van der Waals surface area contributed by atoms with Crippen LogP contribution in [0.5, 0.6) is 5.75 Å². The third-order valence-electron chi connectivity index (χ3n) is 6.65. The maximum atomic E-state index is 13.7. The van der Waals surface area contributed by atoms with Crippen molar-refractivity contribution in [1.82, 2.24) is 14.3 Å². The molecule has 2 aromatic heterocycles. The van der Waals surface area contributed by atoms with E-state index < -0.39 is 10.0 Å². The predicted octanol–water partition coefficient (Wildman–Crippen LogP) is 4.49. The molecule has 198 valence electrons. The number of benzene rings is 2. The molecule has 9 nitrogen and oxygen atoms in total. The van der Waals surface area contributed by atoms with E-state index in [1.807, 2.05) is 25.1 Å². The summed E-state index contributed by atoms with van der Waals surface area (Å²) < 4.78 is 40.1. The Morgan fingerprint density at radius 3 is 2.84 bits per heavy atom. The molecule has 0 spiro atoms. The zero-order chi connectivity index (χ0) is 26.9. The first-order chi connectivity index (χ1) is 18.3. The maximum Gasteiger partial charge on any atom is 0.293 e. The molecular formula is C27H27N3O6S2. The number of carbonyl (C=O) groups excluding carboxylic acids is 2. The Balaban J connectivity index is 1.58. The summed E-state index contributed by atoms with van der Waals surface area (Å²) in [6, 6.07) is 14.1. The van der Waals surface area contributed by atoms with Gasteiger partial charge in [-0.25, -0.2) is 13.4 Å². The molecule has 1 unspecified atom stereocenters. The van der Waals surface area contributed by atoms with E-state index in [4.69, 9.17) is 9.47 Å². The van der Waals surface area contributed by atoms with E-state index >= 15 is 0 Å². The number of rotatable bonds is 9. The number of thiophene rings is 1. The molecule has 0 radical (unpaired) electrons. The third-order valence-corrected chi connectivity index (χ3v) is 9.80. The van der Waals surface area contributed by atoms with Gasteiger partial charge in [0, 0.05) is 11.4 Å². The van der Waals surface area contributed by atoms with Crippen molar-refractivity contribution in [2.24, 2.45) is 0 Å². The van der Waals surface area contributed by atoms with Gasteiger partial charge >= 0.3 is 0 Å². The Hall–Kier alpha value is -3.54. The lowest BCUT2D eigenvalue weighted by molar-refractivity contribution is -0.128. The molecule has 5 rings (SSSR count). The van der Waals surface area contributed by atoms with Crippen LogP contribution in [-0.4, -0.2) is 54.2 Å². The number of sulfonamides is 1. The van der Waals surface area contributed by atoms with Gasteiger partial charge in [0.25, 0.3) is 6.47 Å². The van der Waals surface area contributed by atoms with Crippen LogP contribution in [0.25, 0.3) is 11.0 Å². The van der Waals surface area contributed by atoms with Crippen molar-refractivity contribution in [2.75, 3.05) is 13.2 Å². The zero-order valence-corrected chi connectivity index (χ0v) is 22.6. The Morgan fingerprint density at radius 2 is 2.11 bits per heavy atom. The number of hydrogen-bond acceptors (Lipinski definition) is 8. The SMILES string of the molecule is CC[C@@H]1CN(Cc2cc(C(COC=O)c3ccc(C(C)=O)s3)cc3[nH]cnc23)S(=O)(=O)c2ccccc2O1. The molecule has 0 bridgehead atoms. The number of aromatic nitrogens is 2. The minimum atomic E-state index is -3.85. The van der Waals surface area contributed by atoms with Gasteiger partial charge in [-0.1, -0.05) is 25.1 Å². The normalized spacial score (nSPS) is 17.8. The summed E-state index contributed by atoms with van der Waals surface area (Å²) in [5, 5.41) is 0. The summed E-state index contributed by atoms with van der Waals surface area (Å²) in [5.41, 5.74) is 2.90. The summed E-state index contributed by atoms with van der Waals surface area (Å²) >= 11 is 1.35. The molecule has 0 saturated carbocycles. The molecule has 2 atom stereocenters. The van der Waals surface area contributed by atoms with Crippen molar-refractivity contribution in [3.8, 4) is 5.75 Å². The van der Waals surface area contributed by atoms with Crippen LogP contribution in [0.1, 0.15) is 51.9 Å². The number of H-pyrrole nitrogens is 1. The van der Waals surface area contributed by atoms with Crippen molar-refractivity contribution in [2.45, 2.75) is 43.7 Å². The smallest absolute Gasteiger partial charge is 0.293 e. The number of hydrogen-bond donors (Lipinski definition) is 1. The van der Waals surface area contributed by atoms with E-state index in [0.717, 1.165) is 16.0 Å². The van der Waals surface area contributed by atoms with Crippen LogP contribution in [0.3, 0.4) is 0 Å². The van der Waals surface area contributed by atoms with Gasteiger partial charge in [0.2, 0.25) is 10.0 Å². The van der Waals surface area contributed by atoms with Crippen LogP contribution in [0, 0.1) is 0 Å². The first-order valence-electron chi connectivity index (χ1n) is 12.2. The van der Waals surface area contributed by atoms with Crippen molar-refractivity contribution in [1.29, 1.82) is 0 Å². The summed E-state index contributed by atoms with van der Waals surface area (Å²) in [6.45, 7) is 4.21. The highest BCUT2D eigenvalue weighted by Crippen LogP contribution is 2.36. The summed E-state index contributed by atoms with van der Waals surface area (Å²) in [6.07, 6.45) is 1.90. The number of aromatic amines is 1. The van der Waals surface area contributed by atoms with Crippen LogP contribution < -0.4 is 4.74 Å². The number of para-hydroxylation sites is 1. The molecule has 1 aliphatic rings. The van der Waals surface area contributed by atoms with E-state index in [2.05, 4.69) is 9.97 Å². The molecule has 0 aliphatic carbocycles. The largest absolute Gasteiger partial charge is 0.488 e. The number of imidazole rings is 1. The second-order valence-electron chi connectivity index (χ2n) is 9.11. The standard InChI is InChI=1S/C27H27N3O6S2/c1-3-20-13-30(38(33,34)26-7-5-4-6-23(26)36-20)12-19-10-18(11-22-27(19)29-15-28-22)21(14-35-16-31)25-9-8-24(37-25)17(2)32/h4-11,15-16,20-21H,3,12-14H2,1-2H3,(H,28,29)/t20-,21?/m1/s1. The van der Waals surface area contributed by atoms with Gasteiger partial charge in [0.05, 0.1) is 34.7 Å². The number of ether oxygens (including phenoxy) is 2. The van der Waals surface area contributed by atoms with Gasteiger partial charge < -0.3 is 14.5 Å². The Morgan fingerprint density at radius 1 is 1.29 bits per heavy atom. The third kappa shape index (κ3) is 4.96. The molecule has 11 heteroatoms. The molecule has 0 amide bonds. The minimum Gasteiger partial charge on any atom is -0.488 e. The fourth-order valence-corrected chi connectivity index (χ4v) is 7.26. The number of nitrogens with zero attached hydrogens (tertiary/aromatic N) is 2. The zero-order valence-electron chi connectivity index (χ0n) is 20.9. The fourth-order valence-electron chi connectivity index (χ4n) is 4.67. The predicted molar refractivity (Wildman–Crippen MR) is 143 cm³/mol. The first kappa shape index (κ1) is 26.1. The number of fused-ring (bicyclic) bond motifs is 2. The summed E-state index contributed by atoms with van der Waals surface area (Å²) in [5.74, 6) is -0.0381. The van der Waals surface area contributed by atoms with E-state index in [1.54, 1.807) is 36.7 Å². The van der Waals surface area contributed by atoms with Crippen molar-refractivity contribution >= 4 is 44.6 Å². The second kappa shape index (κ2) is 10.7. The van der Waals surface area contributed by atoms with E-state index in [-0.39, 0.29) is 42.4 Å². The van der Waals surface area contributed by atoms with Crippen LogP contribution >= 0.6 is 11.3 Å². The molecule has 3 heterocycles. The van der Waals surface area contributed by atoms with E-state index in [1.165, 1.54) is 22.6 Å². The average Bonchev–Trinajstić information content (AvgIpc) is 3.56. The van der Waals surface area contributed by atoms with Gasteiger partial charge in [0.15, 0.2) is 5.78 Å². The quantitative estimate of drug-likeness (QED) is 0.240. The van der Waals surface area contributed by atoms with Gasteiger partial charge in [-0.05, 0) is 54.8 Å². The molecular weight excluding hydrogens is 526 g/mol. The van der Waals surface area contributed by atoms with Crippen LogP contribution in [0.4, 0.5) is 0 Å². The van der Waals surface area contributed by atoms with E-state index in [9.17, 15) is 18.0 Å². The maximum absolute atomic E-state index is 13.7. The Kier molecular flexibility index (Phi) is 7.33. The molecule has 38 heavy (non-hydrogen) atoms. The van der Waals surface area contributed by atoms with Gasteiger partial charge in [-0.15, -0.1) is 11.3 Å². The van der Waals surface area contributed by atoms with Gasteiger partial charge in [0.1, 0.15) is 23.4 Å². The van der Waals surface area contributed by atoms with E-state index in [0.29, 0.717) is 34.6 Å². The summed E-state index contributed by atoms with van der Waals surface area (Å²) in [4.78, 5) is 32.2. The number of nitrogens with one attached hydrogen (secondary N) is 1. The highest BCUT2D eigenvalue weighted by molar-refractivity contribution is 7.89.